The van der Waals surface area contributed by atoms with Crippen molar-refractivity contribution in [2.45, 2.75) is 18.7 Å². The summed E-state index contributed by atoms with van der Waals surface area (Å²) in [5, 5.41) is 5.48. The highest BCUT2D eigenvalue weighted by Crippen LogP contribution is 2.19. The minimum Gasteiger partial charge on any atom is -0.490 e. The molecule has 1 amide bonds. The first-order chi connectivity index (χ1) is 16.7. The zero-order valence-corrected chi connectivity index (χ0v) is 21.0. The highest BCUT2D eigenvalue weighted by atomic mass is 32.2. The smallest absolute Gasteiger partial charge is 0.264 e. The second-order valence-corrected chi connectivity index (χ2v) is 9.44. The first kappa shape index (κ1) is 26.0. The van der Waals surface area contributed by atoms with Crippen LogP contribution in [-0.4, -0.2) is 49.7 Å². The van der Waals surface area contributed by atoms with Crippen LogP contribution < -0.4 is 20.1 Å². The second kappa shape index (κ2) is 11.7. The number of carbonyl (C=O) groups is 1. The third-order valence-corrected chi connectivity index (χ3v) is 6.08. The van der Waals surface area contributed by atoms with Gasteiger partial charge < -0.3 is 14.8 Å². The molecule has 12 heteroatoms. The van der Waals surface area contributed by atoms with Gasteiger partial charge >= 0.3 is 0 Å². The van der Waals surface area contributed by atoms with Gasteiger partial charge in [-0.1, -0.05) is 12.1 Å². The molecule has 1 aromatic heterocycles. The average Bonchev–Trinajstić information content (AvgIpc) is 2.79. The Labute approximate surface area is 209 Å². The molecule has 3 aromatic rings. The minimum absolute atomic E-state index is 0.0000672. The van der Waals surface area contributed by atoms with Crippen LogP contribution in [0.1, 0.15) is 21.7 Å². The van der Waals surface area contributed by atoms with Crippen molar-refractivity contribution in [1.82, 2.24) is 15.3 Å². The topological polar surface area (TPSA) is 132 Å². The number of carbonyl (C=O) groups excluding carboxylic acids is 1. The quantitative estimate of drug-likeness (QED) is 0.291. The number of thiocarbonyl (C=S) groups is 1. The predicted octanol–water partition coefficient (Wildman–Crippen LogP) is 3.05. The van der Waals surface area contributed by atoms with E-state index in [9.17, 15) is 13.2 Å². The van der Waals surface area contributed by atoms with E-state index in [0.29, 0.717) is 41.6 Å². The molecule has 2 aromatic carbocycles. The van der Waals surface area contributed by atoms with E-state index in [1.807, 2.05) is 0 Å². The zero-order chi connectivity index (χ0) is 25.4. The minimum atomic E-state index is -3.89. The Kier molecular flexibility index (Phi) is 8.68. The maximum absolute atomic E-state index is 12.7. The molecule has 0 radical (unpaired) electrons. The van der Waals surface area contributed by atoms with Crippen LogP contribution in [0.2, 0.25) is 0 Å². The molecule has 3 rings (SSSR count). The van der Waals surface area contributed by atoms with E-state index < -0.39 is 15.9 Å². The molecule has 3 N–H and O–H groups in total. The van der Waals surface area contributed by atoms with Gasteiger partial charge in [-0.3, -0.25) is 10.1 Å². The van der Waals surface area contributed by atoms with Crippen molar-refractivity contribution in [1.29, 1.82) is 0 Å². The van der Waals surface area contributed by atoms with Gasteiger partial charge in [-0.2, -0.15) is 0 Å². The lowest BCUT2D eigenvalue weighted by Crippen LogP contribution is -2.34. The van der Waals surface area contributed by atoms with E-state index in [0.717, 1.165) is 0 Å². The summed E-state index contributed by atoms with van der Waals surface area (Å²) in [5.74, 6) is -0.0490. The molecule has 35 heavy (non-hydrogen) atoms. The molecule has 0 spiro atoms. The van der Waals surface area contributed by atoms with E-state index >= 15 is 0 Å². The number of benzene rings is 2. The van der Waals surface area contributed by atoms with Crippen LogP contribution in [0.3, 0.4) is 0 Å². The fourth-order valence-corrected chi connectivity index (χ4v) is 4.17. The number of ether oxygens (including phenoxy) is 2. The maximum atomic E-state index is 12.7. The summed E-state index contributed by atoms with van der Waals surface area (Å²) >= 11 is 5.23. The fourth-order valence-electron chi connectivity index (χ4n) is 3.02. The van der Waals surface area contributed by atoms with Gasteiger partial charge in [0.25, 0.3) is 15.9 Å². The number of hydrogen-bond acceptors (Lipinski definition) is 8. The molecular weight excluding hydrogens is 490 g/mol. The van der Waals surface area contributed by atoms with Crippen LogP contribution in [0.15, 0.2) is 59.5 Å². The van der Waals surface area contributed by atoms with Gasteiger partial charge in [-0.05, 0) is 68.5 Å². The van der Waals surface area contributed by atoms with Crippen LogP contribution in [0.5, 0.6) is 5.75 Å². The molecule has 10 nitrogen and oxygen atoms in total. The Morgan fingerprint density at radius 2 is 1.66 bits per heavy atom. The highest BCUT2D eigenvalue weighted by molar-refractivity contribution is 7.92. The lowest BCUT2D eigenvalue weighted by molar-refractivity contribution is 0.0970. The third-order valence-electron chi connectivity index (χ3n) is 4.53. The van der Waals surface area contributed by atoms with E-state index in [1.165, 1.54) is 24.3 Å². The van der Waals surface area contributed by atoms with Crippen LogP contribution in [-0.2, 0) is 14.8 Å². The zero-order valence-electron chi connectivity index (χ0n) is 19.4. The first-order valence-corrected chi connectivity index (χ1v) is 12.4. The van der Waals surface area contributed by atoms with Crippen molar-refractivity contribution in [2.24, 2.45) is 0 Å². The Morgan fingerprint density at radius 1 is 1.00 bits per heavy atom. The molecule has 1 heterocycles. The summed E-state index contributed by atoms with van der Waals surface area (Å²) < 4.78 is 38.3. The highest BCUT2D eigenvalue weighted by Gasteiger charge is 2.17. The molecule has 0 fully saturated rings. The van der Waals surface area contributed by atoms with Crippen molar-refractivity contribution in [3.05, 3.63) is 71.5 Å². The average molecular weight is 516 g/mol. The molecule has 0 atom stereocenters. The van der Waals surface area contributed by atoms with Crippen LogP contribution >= 0.6 is 12.2 Å². The number of methoxy groups -OCH3 is 1. The molecule has 0 aliphatic carbocycles. The molecule has 184 valence electrons. The lowest BCUT2D eigenvalue weighted by Gasteiger charge is -2.13. The predicted molar refractivity (Wildman–Crippen MR) is 136 cm³/mol. The Hall–Kier alpha value is -3.61. The number of aryl methyl sites for hydroxylation is 2. The van der Waals surface area contributed by atoms with Gasteiger partial charge in [0.1, 0.15) is 12.4 Å². The Morgan fingerprint density at radius 3 is 2.31 bits per heavy atom. The summed E-state index contributed by atoms with van der Waals surface area (Å²) in [4.78, 5) is 20.9. The number of nitrogens with one attached hydrogen (secondary N) is 3. The number of amides is 1. The van der Waals surface area contributed by atoms with E-state index in [4.69, 9.17) is 21.7 Å². The molecule has 0 saturated carbocycles. The Bertz CT molecular complexity index is 1290. The van der Waals surface area contributed by atoms with Crippen molar-refractivity contribution in [3.8, 4) is 5.75 Å². The molecule has 0 saturated heterocycles. The van der Waals surface area contributed by atoms with Crippen LogP contribution in [0, 0.1) is 13.8 Å². The van der Waals surface area contributed by atoms with E-state index in [2.05, 4.69) is 25.3 Å². The van der Waals surface area contributed by atoms with E-state index in [-0.39, 0.29) is 16.0 Å². The summed E-state index contributed by atoms with van der Waals surface area (Å²) in [6.45, 7) is 4.18. The number of aromatic nitrogens is 2. The monoisotopic (exact) mass is 515 g/mol. The number of anilines is 2. The molecule has 0 aliphatic rings. The SMILES string of the molecule is COCCOc1ccccc1C(=O)NC(=S)Nc1ccc(S(=O)(=O)Nc2nc(C)cc(C)n2)cc1. The van der Waals surface area contributed by atoms with Crippen molar-refractivity contribution in [3.63, 3.8) is 0 Å². The molecule has 0 unspecified atom stereocenters. The first-order valence-electron chi connectivity index (χ1n) is 10.5. The summed E-state index contributed by atoms with van der Waals surface area (Å²) in [5.41, 5.74) is 2.10. The number of hydrogen-bond donors (Lipinski definition) is 3. The maximum Gasteiger partial charge on any atom is 0.264 e. The van der Waals surface area contributed by atoms with Gasteiger partial charge in [0.2, 0.25) is 5.95 Å². The van der Waals surface area contributed by atoms with Crippen molar-refractivity contribution >= 4 is 44.9 Å². The Balaban J connectivity index is 1.62. The second-order valence-electron chi connectivity index (χ2n) is 7.35. The number of rotatable bonds is 9. The van der Waals surface area contributed by atoms with Gasteiger partial charge in [0, 0.05) is 24.2 Å². The van der Waals surface area contributed by atoms with Gasteiger partial charge in [-0.15, -0.1) is 0 Å². The number of sulfonamides is 1. The van der Waals surface area contributed by atoms with E-state index in [1.54, 1.807) is 51.3 Å². The molecule has 0 bridgehead atoms. The normalized spacial score (nSPS) is 10.9. The molecule has 0 aliphatic heterocycles. The largest absolute Gasteiger partial charge is 0.490 e. The van der Waals surface area contributed by atoms with Crippen LogP contribution in [0.4, 0.5) is 11.6 Å². The van der Waals surface area contributed by atoms with Gasteiger partial charge in [0.05, 0.1) is 17.1 Å². The summed E-state index contributed by atoms with van der Waals surface area (Å²) in [6, 6.07) is 14.4. The fraction of sp³-hybridized carbons (Fsp3) is 0.217. The van der Waals surface area contributed by atoms with Crippen molar-refractivity contribution < 1.29 is 22.7 Å². The number of nitrogens with zero attached hydrogens (tertiary/aromatic N) is 2. The third kappa shape index (κ3) is 7.44. The number of para-hydroxylation sites is 1. The summed E-state index contributed by atoms with van der Waals surface area (Å²) in [6.07, 6.45) is 0. The van der Waals surface area contributed by atoms with Crippen LogP contribution in [0.25, 0.3) is 0 Å². The van der Waals surface area contributed by atoms with Gasteiger partial charge in [-0.25, -0.2) is 23.1 Å². The lowest BCUT2D eigenvalue weighted by atomic mass is 10.2. The van der Waals surface area contributed by atoms with Gasteiger partial charge in [0.15, 0.2) is 5.11 Å². The van der Waals surface area contributed by atoms with Crippen molar-refractivity contribution in [2.75, 3.05) is 30.4 Å². The molecular formula is C23H25N5O5S2. The standard InChI is InChI=1S/C23H25N5O5S2/c1-15-14-16(2)25-22(24-15)28-35(30,31)18-10-8-17(9-11-18)26-23(34)27-21(29)19-6-4-5-7-20(19)33-13-12-32-3/h4-11,14H,12-13H2,1-3H3,(H,24,25,28)(H2,26,27,29,34). The summed E-state index contributed by atoms with van der Waals surface area (Å²) in [7, 11) is -2.33.